The van der Waals surface area contributed by atoms with Crippen molar-refractivity contribution in [3.05, 3.63) is 35.4 Å². The number of piperazine rings is 1. The van der Waals surface area contributed by atoms with Crippen LogP contribution in [-0.4, -0.2) is 68.2 Å². The van der Waals surface area contributed by atoms with Crippen LogP contribution in [0.15, 0.2) is 24.3 Å². The van der Waals surface area contributed by atoms with Gasteiger partial charge in [-0.2, -0.15) is 0 Å². The van der Waals surface area contributed by atoms with E-state index in [1.807, 2.05) is 6.92 Å². The summed E-state index contributed by atoms with van der Waals surface area (Å²) in [5, 5.41) is 2.97. The molecule has 2 rings (SSSR count). The van der Waals surface area contributed by atoms with Crippen LogP contribution >= 0.6 is 0 Å². The van der Waals surface area contributed by atoms with Gasteiger partial charge in [-0.25, -0.2) is 0 Å². The van der Waals surface area contributed by atoms with Crippen molar-refractivity contribution in [2.24, 2.45) is 0 Å². The van der Waals surface area contributed by atoms with E-state index in [9.17, 15) is 4.79 Å². The molecular formula is C18H29N3O2. The van der Waals surface area contributed by atoms with Crippen molar-refractivity contribution in [2.45, 2.75) is 26.4 Å². The summed E-state index contributed by atoms with van der Waals surface area (Å²) in [7, 11) is 1.65. The minimum absolute atomic E-state index is 0.0649. The zero-order valence-corrected chi connectivity index (χ0v) is 14.5. The van der Waals surface area contributed by atoms with E-state index in [1.165, 1.54) is 11.1 Å². The fourth-order valence-corrected chi connectivity index (χ4v) is 2.99. The van der Waals surface area contributed by atoms with Gasteiger partial charge in [-0.1, -0.05) is 29.8 Å². The summed E-state index contributed by atoms with van der Waals surface area (Å²) in [4.78, 5) is 16.7. The van der Waals surface area contributed by atoms with Gasteiger partial charge in [-0.05, 0) is 19.4 Å². The van der Waals surface area contributed by atoms with Crippen LogP contribution in [0.4, 0.5) is 0 Å². The Bertz CT molecular complexity index is 499. The first-order chi connectivity index (χ1) is 11.1. The molecule has 23 heavy (non-hydrogen) atoms. The summed E-state index contributed by atoms with van der Waals surface area (Å²) in [5.41, 5.74) is 2.67. The zero-order valence-electron chi connectivity index (χ0n) is 14.5. The molecule has 1 atom stereocenters. The van der Waals surface area contributed by atoms with Crippen molar-refractivity contribution in [1.29, 1.82) is 0 Å². The molecule has 5 heteroatoms. The highest BCUT2D eigenvalue weighted by molar-refractivity contribution is 5.78. The van der Waals surface area contributed by atoms with Crippen LogP contribution in [0.2, 0.25) is 0 Å². The maximum atomic E-state index is 12.0. The molecule has 1 aliphatic rings. The van der Waals surface area contributed by atoms with E-state index in [1.54, 1.807) is 7.11 Å². The molecule has 1 aromatic carbocycles. The molecule has 0 bridgehead atoms. The first kappa shape index (κ1) is 17.9. The summed E-state index contributed by atoms with van der Waals surface area (Å²) >= 11 is 0. The number of carbonyl (C=O) groups is 1. The van der Waals surface area contributed by atoms with Gasteiger partial charge in [0.05, 0.1) is 13.2 Å². The van der Waals surface area contributed by atoms with Crippen molar-refractivity contribution in [1.82, 2.24) is 15.1 Å². The lowest BCUT2D eigenvalue weighted by atomic mass is 10.1. The lowest BCUT2D eigenvalue weighted by Gasteiger charge is -2.34. The molecule has 128 valence electrons. The lowest BCUT2D eigenvalue weighted by Crippen LogP contribution is -2.50. The van der Waals surface area contributed by atoms with Gasteiger partial charge in [0.1, 0.15) is 0 Å². The second kappa shape index (κ2) is 9.01. The van der Waals surface area contributed by atoms with Gasteiger partial charge in [0.15, 0.2) is 0 Å². The fraction of sp³-hybridized carbons (Fsp3) is 0.611. The Morgan fingerprint density at radius 1 is 1.26 bits per heavy atom. The molecule has 0 spiro atoms. The van der Waals surface area contributed by atoms with Crippen LogP contribution in [0.25, 0.3) is 0 Å². The van der Waals surface area contributed by atoms with E-state index in [2.05, 4.69) is 46.3 Å². The van der Waals surface area contributed by atoms with Gasteiger partial charge in [0.25, 0.3) is 0 Å². The van der Waals surface area contributed by atoms with Crippen LogP contribution in [-0.2, 0) is 16.1 Å². The van der Waals surface area contributed by atoms with Crippen molar-refractivity contribution < 1.29 is 9.53 Å². The number of amides is 1. The fourth-order valence-electron chi connectivity index (χ4n) is 2.99. The lowest BCUT2D eigenvalue weighted by molar-refractivity contribution is -0.123. The largest absolute Gasteiger partial charge is 0.383 e. The number of hydrogen-bond acceptors (Lipinski definition) is 4. The Morgan fingerprint density at radius 2 is 1.96 bits per heavy atom. The van der Waals surface area contributed by atoms with Gasteiger partial charge >= 0.3 is 0 Å². The predicted octanol–water partition coefficient (Wildman–Crippen LogP) is 1.26. The van der Waals surface area contributed by atoms with Crippen molar-refractivity contribution in [3.8, 4) is 0 Å². The molecular weight excluding hydrogens is 290 g/mol. The molecule has 0 saturated carbocycles. The molecule has 1 N–H and O–H groups in total. The molecule has 1 fully saturated rings. The van der Waals surface area contributed by atoms with Gasteiger partial charge in [-0.3, -0.25) is 14.6 Å². The Hall–Kier alpha value is -1.43. The number of nitrogens with one attached hydrogen (secondary N) is 1. The highest BCUT2D eigenvalue weighted by Crippen LogP contribution is 2.10. The first-order valence-electron chi connectivity index (χ1n) is 8.35. The van der Waals surface area contributed by atoms with E-state index in [0.29, 0.717) is 13.2 Å². The highest BCUT2D eigenvalue weighted by atomic mass is 16.5. The standard InChI is InChI=1S/C18H29N3O2/c1-15-5-4-6-17(11-15)12-20-7-9-21(10-8-20)13-18(22)19-16(2)14-23-3/h4-6,11,16H,7-10,12-14H2,1-3H3,(H,19,22). The molecule has 1 aliphatic heterocycles. The van der Waals surface area contributed by atoms with Crippen LogP contribution in [0.3, 0.4) is 0 Å². The molecule has 1 saturated heterocycles. The summed E-state index contributed by atoms with van der Waals surface area (Å²) < 4.78 is 5.04. The van der Waals surface area contributed by atoms with Crippen LogP contribution in [0, 0.1) is 6.92 Å². The first-order valence-corrected chi connectivity index (χ1v) is 8.35. The van der Waals surface area contributed by atoms with Crippen molar-refractivity contribution >= 4 is 5.91 Å². The zero-order chi connectivity index (χ0) is 16.7. The van der Waals surface area contributed by atoms with Gasteiger partial charge in [0.2, 0.25) is 5.91 Å². The predicted molar refractivity (Wildman–Crippen MR) is 92.4 cm³/mol. The van der Waals surface area contributed by atoms with Crippen molar-refractivity contribution in [2.75, 3.05) is 46.4 Å². The second-order valence-electron chi connectivity index (χ2n) is 6.47. The summed E-state index contributed by atoms with van der Waals surface area (Å²) in [5.74, 6) is 0.0849. The monoisotopic (exact) mass is 319 g/mol. The van der Waals surface area contributed by atoms with Gasteiger partial charge < -0.3 is 10.1 Å². The Kier molecular flexibility index (Phi) is 7.02. The third-order valence-electron chi connectivity index (χ3n) is 4.14. The number of benzene rings is 1. The quantitative estimate of drug-likeness (QED) is 0.822. The molecule has 5 nitrogen and oxygen atoms in total. The Morgan fingerprint density at radius 3 is 2.61 bits per heavy atom. The highest BCUT2D eigenvalue weighted by Gasteiger charge is 2.19. The third-order valence-corrected chi connectivity index (χ3v) is 4.14. The molecule has 0 aromatic heterocycles. The number of hydrogen-bond donors (Lipinski definition) is 1. The van der Waals surface area contributed by atoms with E-state index < -0.39 is 0 Å². The second-order valence-corrected chi connectivity index (χ2v) is 6.47. The maximum absolute atomic E-state index is 12.0. The molecule has 0 radical (unpaired) electrons. The average Bonchev–Trinajstić information content (AvgIpc) is 2.49. The van der Waals surface area contributed by atoms with Crippen LogP contribution < -0.4 is 5.32 Å². The number of carbonyl (C=O) groups excluding carboxylic acids is 1. The van der Waals surface area contributed by atoms with Crippen molar-refractivity contribution in [3.63, 3.8) is 0 Å². The summed E-state index contributed by atoms with van der Waals surface area (Å²) in [6.07, 6.45) is 0. The Labute approximate surface area is 139 Å². The number of rotatable bonds is 7. The Balaban J connectivity index is 1.70. The number of ether oxygens (including phenoxy) is 1. The molecule has 1 amide bonds. The molecule has 1 unspecified atom stereocenters. The van der Waals surface area contributed by atoms with Crippen LogP contribution in [0.1, 0.15) is 18.1 Å². The summed E-state index contributed by atoms with van der Waals surface area (Å²) in [6, 6.07) is 8.74. The molecule has 1 heterocycles. The summed E-state index contributed by atoms with van der Waals surface area (Å²) in [6.45, 7) is 10.0. The number of methoxy groups -OCH3 is 1. The normalized spacial score (nSPS) is 17.9. The smallest absolute Gasteiger partial charge is 0.234 e. The van der Waals surface area contributed by atoms with E-state index in [-0.39, 0.29) is 11.9 Å². The third kappa shape index (κ3) is 6.29. The molecule has 0 aliphatic carbocycles. The van der Waals surface area contributed by atoms with Gasteiger partial charge in [0, 0.05) is 45.9 Å². The van der Waals surface area contributed by atoms with E-state index in [0.717, 1.165) is 32.7 Å². The minimum Gasteiger partial charge on any atom is -0.383 e. The topological polar surface area (TPSA) is 44.8 Å². The van der Waals surface area contributed by atoms with E-state index >= 15 is 0 Å². The number of nitrogens with zero attached hydrogens (tertiary/aromatic N) is 2. The average molecular weight is 319 g/mol. The minimum atomic E-state index is 0.0649. The van der Waals surface area contributed by atoms with E-state index in [4.69, 9.17) is 4.74 Å². The van der Waals surface area contributed by atoms with Crippen LogP contribution in [0.5, 0.6) is 0 Å². The maximum Gasteiger partial charge on any atom is 0.234 e. The molecule has 1 aromatic rings. The SMILES string of the molecule is COCC(C)NC(=O)CN1CCN(Cc2cccc(C)c2)CC1. The van der Waals surface area contributed by atoms with Gasteiger partial charge in [-0.15, -0.1) is 0 Å². The number of aryl methyl sites for hydroxylation is 1.